The minimum absolute atomic E-state index is 1.20. The zero-order chi connectivity index (χ0) is 22.5. The predicted molar refractivity (Wildman–Crippen MR) is 144 cm³/mol. The molecule has 0 unspecified atom stereocenters. The van der Waals surface area contributed by atoms with Gasteiger partial charge in [-0.05, 0) is 12.8 Å². The summed E-state index contributed by atoms with van der Waals surface area (Å²) in [6.45, 7) is 5.91. The minimum atomic E-state index is 1.20. The van der Waals surface area contributed by atoms with Crippen LogP contribution in [0.15, 0.2) is 110 Å². The molecule has 0 N–H and O–H groups in total. The molecule has 0 fully saturated rings. The standard InChI is InChI=1S/C31H46/c1-3-5-7-9-11-13-15-17-19-21-23-25-27-29-31-30-28-26-24-22-20-18-16-14-12-10-8-6-4-2/h3,5,7,9,11,13,15,17,19,21,23,25,27-31H,1,4,6,8,10,12,14,16,18,20,22,24,26H2,2H3/b7-5+,11-9+,15-13+,19-17+,23-21+,27-25+,30-28+,31-29+. The van der Waals surface area contributed by atoms with Crippen LogP contribution in [0.2, 0.25) is 0 Å². The Morgan fingerprint density at radius 2 is 0.710 bits per heavy atom. The van der Waals surface area contributed by atoms with Crippen LogP contribution < -0.4 is 0 Å². The van der Waals surface area contributed by atoms with Crippen molar-refractivity contribution < 1.29 is 0 Å². The Morgan fingerprint density at radius 3 is 1.10 bits per heavy atom. The lowest BCUT2D eigenvalue weighted by molar-refractivity contribution is 0.550. The number of hydrogen-bond donors (Lipinski definition) is 0. The van der Waals surface area contributed by atoms with Gasteiger partial charge in [0, 0.05) is 0 Å². The molecule has 0 aromatic heterocycles. The molecule has 0 nitrogen and oxygen atoms in total. The average Bonchev–Trinajstić information content (AvgIpc) is 2.78. The molecule has 0 aliphatic heterocycles. The molecule has 0 spiro atoms. The summed E-state index contributed by atoms with van der Waals surface area (Å²) >= 11 is 0. The molecule has 0 aliphatic carbocycles. The van der Waals surface area contributed by atoms with E-state index in [9.17, 15) is 0 Å². The fraction of sp³-hybridized carbons (Fsp3) is 0.419. The van der Waals surface area contributed by atoms with Crippen LogP contribution in [-0.4, -0.2) is 0 Å². The van der Waals surface area contributed by atoms with Gasteiger partial charge in [-0.1, -0.05) is 181 Å². The van der Waals surface area contributed by atoms with E-state index in [-0.39, 0.29) is 0 Å². The maximum atomic E-state index is 3.62. The van der Waals surface area contributed by atoms with Crippen LogP contribution in [0.3, 0.4) is 0 Å². The molecule has 0 rings (SSSR count). The highest BCUT2D eigenvalue weighted by Crippen LogP contribution is 2.12. The van der Waals surface area contributed by atoms with Gasteiger partial charge in [0.2, 0.25) is 0 Å². The zero-order valence-corrected chi connectivity index (χ0v) is 20.0. The van der Waals surface area contributed by atoms with Crippen LogP contribution in [0.25, 0.3) is 0 Å². The van der Waals surface area contributed by atoms with Gasteiger partial charge in [-0.2, -0.15) is 0 Å². The molecule has 31 heavy (non-hydrogen) atoms. The zero-order valence-electron chi connectivity index (χ0n) is 20.0. The van der Waals surface area contributed by atoms with Crippen LogP contribution >= 0.6 is 0 Å². The van der Waals surface area contributed by atoms with E-state index in [0.29, 0.717) is 0 Å². The maximum Gasteiger partial charge on any atom is -0.0348 e. The highest BCUT2D eigenvalue weighted by atomic mass is 14.0. The van der Waals surface area contributed by atoms with Gasteiger partial charge in [0.05, 0.1) is 0 Å². The molecule has 0 amide bonds. The molecule has 0 heteroatoms. The molecule has 0 atom stereocenters. The molecule has 0 bridgehead atoms. The molecule has 0 saturated carbocycles. The summed E-state index contributed by atoms with van der Waals surface area (Å²) in [5, 5.41) is 0. The fourth-order valence-electron chi connectivity index (χ4n) is 3.01. The molecule has 0 aliphatic rings. The first-order valence-corrected chi connectivity index (χ1v) is 12.4. The van der Waals surface area contributed by atoms with Crippen LogP contribution in [0.4, 0.5) is 0 Å². The number of hydrogen-bond acceptors (Lipinski definition) is 0. The summed E-state index contributed by atoms with van der Waals surface area (Å²) < 4.78 is 0. The highest BCUT2D eigenvalue weighted by molar-refractivity contribution is 5.21. The van der Waals surface area contributed by atoms with Crippen LogP contribution in [0.1, 0.15) is 84.0 Å². The van der Waals surface area contributed by atoms with Crippen molar-refractivity contribution in [1.29, 1.82) is 0 Å². The van der Waals surface area contributed by atoms with E-state index in [1.54, 1.807) is 6.08 Å². The SMILES string of the molecule is C=C/C=C/C=C/C=C/C=C/C=C/C=C/C=C/C=C/CCCCCCCCCCCCC. The predicted octanol–water partition coefficient (Wildman–Crippen LogP) is 10.3. The first-order chi connectivity index (χ1) is 15.4. The van der Waals surface area contributed by atoms with Crippen molar-refractivity contribution in [3.05, 3.63) is 110 Å². The maximum absolute atomic E-state index is 3.62. The van der Waals surface area contributed by atoms with Gasteiger partial charge >= 0.3 is 0 Å². The van der Waals surface area contributed by atoms with Crippen molar-refractivity contribution >= 4 is 0 Å². The van der Waals surface area contributed by atoms with E-state index in [4.69, 9.17) is 0 Å². The fourth-order valence-corrected chi connectivity index (χ4v) is 3.01. The van der Waals surface area contributed by atoms with Crippen molar-refractivity contribution in [3.63, 3.8) is 0 Å². The Kier molecular flexibility index (Phi) is 25.6. The molecule has 0 saturated heterocycles. The highest BCUT2D eigenvalue weighted by Gasteiger charge is 1.92. The van der Waals surface area contributed by atoms with E-state index in [1.165, 1.54) is 77.0 Å². The Balaban J connectivity index is 3.54. The van der Waals surface area contributed by atoms with Gasteiger partial charge in [-0.3, -0.25) is 0 Å². The second-order valence-electron chi connectivity index (χ2n) is 7.68. The summed E-state index contributed by atoms with van der Waals surface area (Å²) in [6.07, 6.45) is 51.1. The minimum Gasteiger partial charge on any atom is -0.0991 e. The van der Waals surface area contributed by atoms with Gasteiger partial charge in [-0.25, -0.2) is 0 Å². The van der Waals surface area contributed by atoms with Crippen LogP contribution in [0.5, 0.6) is 0 Å². The Morgan fingerprint density at radius 1 is 0.387 bits per heavy atom. The lowest BCUT2D eigenvalue weighted by Crippen LogP contribution is -1.81. The lowest BCUT2D eigenvalue weighted by atomic mass is 10.1. The third kappa shape index (κ3) is 27.7. The van der Waals surface area contributed by atoms with Gasteiger partial charge in [0.25, 0.3) is 0 Å². The molecule has 0 aromatic carbocycles. The van der Waals surface area contributed by atoms with Gasteiger partial charge in [0.15, 0.2) is 0 Å². The van der Waals surface area contributed by atoms with E-state index < -0.39 is 0 Å². The van der Waals surface area contributed by atoms with E-state index in [0.717, 1.165) is 0 Å². The Bertz CT molecular complexity index is 602. The first-order valence-electron chi connectivity index (χ1n) is 12.4. The van der Waals surface area contributed by atoms with Gasteiger partial charge in [-0.15, -0.1) is 0 Å². The topological polar surface area (TPSA) is 0 Å². The second-order valence-corrected chi connectivity index (χ2v) is 7.68. The van der Waals surface area contributed by atoms with Gasteiger partial charge < -0.3 is 0 Å². The van der Waals surface area contributed by atoms with Crippen molar-refractivity contribution in [3.8, 4) is 0 Å². The first kappa shape index (κ1) is 28.7. The van der Waals surface area contributed by atoms with Gasteiger partial charge in [0.1, 0.15) is 0 Å². The number of unbranched alkanes of at least 4 members (excludes halogenated alkanes) is 11. The smallest absolute Gasteiger partial charge is 0.0348 e. The lowest BCUT2D eigenvalue weighted by Gasteiger charge is -2.01. The van der Waals surface area contributed by atoms with E-state index in [1.807, 2.05) is 66.8 Å². The molecule has 0 heterocycles. The monoisotopic (exact) mass is 418 g/mol. The van der Waals surface area contributed by atoms with Crippen molar-refractivity contribution in [2.75, 3.05) is 0 Å². The van der Waals surface area contributed by atoms with Crippen LogP contribution in [-0.2, 0) is 0 Å². The van der Waals surface area contributed by atoms with Crippen LogP contribution in [0, 0.1) is 0 Å². The Hall–Kier alpha value is -2.34. The summed E-state index contributed by atoms with van der Waals surface area (Å²) in [6, 6.07) is 0. The largest absolute Gasteiger partial charge is 0.0991 e. The van der Waals surface area contributed by atoms with Crippen molar-refractivity contribution in [2.24, 2.45) is 0 Å². The number of rotatable bonds is 20. The Labute approximate surface area is 193 Å². The summed E-state index contributed by atoms with van der Waals surface area (Å²) in [4.78, 5) is 0. The van der Waals surface area contributed by atoms with E-state index >= 15 is 0 Å². The summed E-state index contributed by atoms with van der Waals surface area (Å²) in [5.74, 6) is 0. The van der Waals surface area contributed by atoms with Crippen molar-refractivity contribution in [1.82, 2.24) is 0 Å². The molecule has 0 aromatic rings. The quantitative estimate of drug-likeness (QED) is 0.136. The average molecular weight is 419 g/mol. The van der Waals surface area contributed by atoms with Crippen molar-refractivity contribution in [2.45, 2.75) is 84.0 Å². The third-order valence-corrected chi connectivity index (χ3v) is 4.80. The summed E-state index contributed by atoms with van der Waals surface area (Å²) in [5.41, 5.74) is 0. The molecule has 170 valence electrons. The summed E-state index contributed by atoms with van der Waals surface area (Å²) in [7, 11) is 0. The third-order valence-electron chi connectivity index (χ3n) is 4.80. The second kappa shape index (κ2) is 27.7. The van der Waals surface area contributed by atoms with E-state index in [2.05, 4.69) is 43.9 Å². The normalized spacial score (nSPS) is 13.3. The molecular weight excluding hydrogens is 372 g/mol. The number of allylic oxidation sites excluding steroid dienone is 17. The molecular formula is C31H46. The molecule has 0 radical (unpaired) electrons.